The molecule has 0 unspecified atom stereocenters. The molecule has 0 bridgehead atoms. The monoisotopic (exact) mass is 576 g/mol. The molecule has 0 amide bonds. The van der Waals surface area contributed by atoms with Crippen LogP contribution in [0.15, 0.2) is 170 Å². The molecule has 0 nitrogen and oxygen atoms in total. The maximum absolute atomic E-state index is 2.34. The molecule has 0 saturated carbocycles. The Labute approximate surface area is 260 Å². The number of benzene rings is 6. The van der Waals surface area contributed by atoms with E-state index in [9.17, 15) is 0 Å². The Morgan fingerprint density at radius 2 is 0.628 bits per heavy atom. The molecular weight excluding hydrogens is 534 g/mol. The second-order valence-electron chi connectivity index (χ2n) is 11.8. The number of hydrogen-bond acceptors (Lipinski definition) is 0. The minimum Gasteiger partial charge on any atom is -0.195 e. The number of aryl methyl sites for hydroxylation is 2. The largest absolute Gasteiger partial charge is 0.195 e. The summed E-state index contributed by atoms with van der Waals surface area (Å²) >= 11 is 0. The highest BCUT2D eigenvalue weighted by atomic mass is 31.1. The SMILES string of the molecule is Cc1ccc([PH+](c2ccc(C)cc2)C(C)C)cc1.c1ccc([B-](c2ccccc2)(c2ccccc2)c2ccccc2)cc1. The van der Waals surface area contributed by atoms with E-state index in [1.54, 1.807) is 0 Å². The minimum atomic E-state index is -1.22. The van der Waals surface area contributed by atoms with Crippen LogP contribution >= 0.6 is 7.92 Å². The van der Waals surface area contributed by atoms with Crippen molar-refractivity contribution in [2.24, 2.45) is 0 Å². The number of hydrogen-bond donors (Lipinski definition) is 0. The van der Waals surface area contributed by atoms with Crippen LogP contribution in [0.1, 0.15) is 25.0 Å². The molecule has 0 saturated heterocycles. The summed E-state index contributed by atoms with van der Waals surface area (Å²) in [4.78, 5) is 0. The predicted molar refractivity (Wildman–Crippen MR) is 195 cm³/mol. The first-order valence-corrected chi connectivity index (χ1v) is 17.0. The third-order valence-corrected chi connectivity index (χ3v) is 11.6. The third kappa shape index (κ3) is 6.90. The molecule has 0 atom stereocenters. The average Bonchev–Trinajstić information content (AvgIpc) is 3.06. The first kappa shape index (κ1) is 30.3. The van der Waals surface area contributed by atoms with Gasteiger partial charge < -0.3 is 0 Å². The fourth-order valence-electron chi connectivity index (χ4n) is 6.42. The topological polar surface area (TPSA) is 0 Å². The second-order valence-corrected chi connectivity index (χ2v) is 14.9. The lowest BCUT2D eigenvalue weighted by atomic mass is 9.13. The Bertz CT molecular complexity index is 1450. The van der Waals surface area contributed by atoms with Gasteiger partial charge in [-0.05, 0) is 52.0 Å². The van der Waals surface area contributed by atoms with Crippen molar-refractivity contribution in [2.45, 2.75) is 33.4 Å². The van der Waals surface area contributed by atoms with Crippen molar-refractivity contribution in [3.63, 3.8) is 0 Å². The van der Waals surface area contributed by atoms with Gasteiger partial charge in [-0.3, -0.25) is 0 Å². The first-order chi connectivity index (χ1) is 21.0. The molecule has 6 aromatic carbocycles. The van der Waals surface area contributed by atoms with Crippen molar-refractivity contribution >= 4 is 46.5 Å². The fraction of sp³-hybridized carbons (Fsp3) is 0.122. The van der Waals surface area contributed by atoms with Crippen molar-refractivity contribution in [1.82, 2.24) is 0 Å². The summed E-state index contributed by atoms with van der Waals surface area (Å²) < 4.78 is 0. The quantitative estimate of drug-likeness (QED) is 0.143. The zero-order valence-electron chi connectivity index (χ0n) is 25.8. The van der Waals surface area contributed by atoms with E-state index in [1.807, 2.05) is 0 Å². The lowest BCUT2D eigenvalue weighted by Crippen LogP contribution is -2.74. The van der Waals surface area contributed by atoms with Gasteiger partial charge in [0.15, 0.2) is 0 Å². The molecule has 214 valence electrons. The Hall–Kier alpha value is -4.19. The molecule has 2 heteroatoms. The fourth-order valence-corrected chi connectivity index (χ4v) is 9.14. The van der Waals surface area contributed by atoms with E-state index in [4.69, 9.17) is 0 Å². The molecule has 0 aliphatic rings. The van der Waals surface area contributed by atoms with Crippen LogP contribution in [-0.4, -0.2) is 11.8 Å². The molecule has 0 aliphatic carbocycles. The summed E-state index contributed by atoms with van der Waals surface area (Å²) in [6.45, 7) is 8.98. The molecule has 0 aromatic heterocycles. The predicted octanol–water partition coefficient (Wildman–Crippen LogP) is 6.94. The van der Waals surface area contributed by atoms with Crippen LogP contribution in [0.3, 0.4) is 0 Å². The summed E-state index contributed by atoms with van der Waals surface area (Å²) in [6, 6.07) is 61.7. The summed E-state index contributed by atoms with van der Waals surface area (Å²) in [5.74, 6) is 0. The zero-order chi connectivity index (χ0) is 30.1. The van der Waals surface area contributed by atoms with Crippen molar-refractivity contribution < 1.29 is 0 Å². The molecule has 6 rings (SSSR count). The van der Waals surface area contributed by atoms with Crippen molar-refractivity contribution in [3.8, 4) is 0 Å². The van der Waals surface area contributed by atoms with Crippen LogP contribution in [-0.2, 0) is 0 Å². The molecule has 0 aliphatic heterocycles. The van der Waals surface area contributed by atoms with E-state index in [2.05, 4.69) is 198 Å². The summed E-state index contributed by atoms with van der Waals surface area (Å²) in [5, 5.41) is 3.04. The summed E-state index contributed by atoms with van der Waals surface area (Å²) in [6.07, 6.45) is -1.22. The van der Waals surface area contributed by atoms with E-state index in [0.29, 0.717) is 5.66 Å². The lowest BCUT2D eigenvalue weighted by molar-refractivity contribution is 1.10. The highest BCUT2D eigenvalue weighted by Crippen LogP contribution is 2.38. The highest BCUT2D eigenvalue weighted by molar-refractivity contribution is 7.73. The summed E-state index contributed by atoms with van der Waals surface area (Å²) in [5.41, 5.74) is 8.75. The molecule has 0 fully saturated rings. The molecule has 0 spiro atoms. The van der Waals surface area contributed by atoms with E-state index in [0.717, 1.165) is 0 Å². The van der Waals surface area contributed by atoms with Crippen molar-refractivity contribution in [3.05, 3.63) is 181 Å². The van der Waals surface area contributed by atoms with Gasteiger partial charge in [-0.1, -0.05) is 157 Å². The Morgan fingerprint density at radius 3 is 0.860 bits per heavy atom. The summed E-state index contributed by atoms with van der Waals surface area (Å²) in [7, 11) is -0.650. The van der Waals surface area contributed by atoms with Gasteiger partial charge in [-0.15, -0.1) is 0 Å². The van der Waals surface area contributed by atoms with Gasteiger partial charge in [0.2, 0.25) is 0 Å². The van der Waals surface area contributed by atoms with Crippen LogP contribution < -0.4 is 32.5 Å². The van der Waals surface area contributed by atoms with Gasteiger partial charge >= 0.3 is 0 Å². The molecular formula is C41H42BP. The van der Waals surface area contributed by atoms with Crippen LogP contribution in [0.2, 0.25) is 0 Å². The molecule has 0 N–H and O–H groups in total. The van der Waals surface area contributed by atoms with Crippen molar-refractivity contribution in [1.29, 1.82) is 0 Å². The minimum absolute atomic E-state index is 0.650. The Morgan fingerprint density at radius 1 is 0.372 bits per heavy atom. The molecule has 0 radical (unpaired) electrons. The van der Waals surface area contributed by atoms with E-state index < -0.39 is 14.1 Å². The molecule has 6 aromatic rings. The Balaban J connectivity index is 0.000000181. The maximum Gasteiger partial charge on any atom is 0.108 e. The zero-order valence-corrected chi connectivity index (χ0v) is 26.8. The van der Waals surface area contributed by atoms with Gasteiger partial charge in [0.05, 0.1) is 24.2 Å². The van der Waals surface area contributed by atoms with Crippen LogP contribution in [0.5, 0.6) is 0 Å². The van der Waals surface area contributed by atoms with E-state index >= 15 is 0 Å². The van der Waals surface area contributed by atoms with Crippen LogP contribution in [0.4, 0.5) is 0 Å². The van der Waals surface area contributed by atoms with Gasteiger partial charge in [-0.2, -0.15) is 21.9 Å². The smallest absolute Gasteiger partial charge is 0.108 e. The average molecular weight is 577 g/mol. The lowest BCUT2D eigenvalue weighted by Gasteiger charge is -2.44. The van der Waals surface area contributed by atoms with Gasteiger partial charge in [0.25, 0.3) is 0 Å². The first-order valence-electron chi connectivity index (χ1n) is 15.4. The third-order valence-electron chi connectivity index (χ3n) is 8.50. The van der Waals surface area contributed by atoms with Crippen LogP contribution in [0, 0.1) is 13.8 Å². The standard InChI is InChI=1S/C24H20B.C17H21P/c1-5-13-21(14-6-1)25(22-15-7-2-8-16-22,23-17-9-3-10-18-23)24-19-11-4-12-20-24;1-13(2)18(16-9-5-14(3)6-10-16)17-11-7-15(4)8-12-17/h1-20H;5-13H,1-4H3/q-1;/p+1. The van der Waals surface area contributed by atoms with Gasteiger partial charge in [0.1, 0.15) is 6.15 Å². The molecule has 0 heterocycles. The van der Waals surface area contributed by atoms with E-state index in [1.165, 1.54) is 43.6 Å². The van der Waals surface area contributed by atoms with E-state index in [-0.39, 0.29) is 0 Å². The second kappa shape index (κ2) is 14.3. The number of rotatable bonds is 7. The van der Waals surface area contributed by atoms with Gasteiger partial charge in [0, 0.05) is 0 Å². The highest BCUT2D eigenvalue weighted by Gasteiger charge is 2.31. The van der Waals surface area contributed by atoms with Crippen LogP contribution in [0.25, 0.3) is 0 Å². The Kier molecular flexibility index (Phi) is 10.1. The van der Waals surface area contributed by atoms with Gasteiger partial charge in [-0.25, -0.2) is 0 Å². The normalized spacial score (nSPS) is 11.2. The molecule has 43 heavy (non-hydrogen) atoms. The van der Waals surface area contributed by atoms with Crippen molar-refractivity contribution in [2.75, 3.05) is 0 Å². The maximum atomic E-state index is 2.34.